The average Bonchev–Trinajstić information content (AvgIpc) is 2.88. The molecule has 1 aliphatic rings. The van der Waals surface area contributed by atoms with Crippen molar-refractivity contribution in [1.29, 1.82) is 5.26 Å². The minimum absolute atomic E-state index is 0.0641. The summed E-state index contributed by atoms with van der Waals surface area (Å²) in [6, 6.07) is 27.2. The molecular formula is C27H23N5O. The van der Waals surface area contributed by atoms with Crippen LogP contribution in [0, 0.1) is 11.3 Å². The van der Waals surface area contributed by atoms with E-state index in [0.717, 1.165) is 33.4 Å². The second kappa shape index (κ2) is 8.71. The number of rotatable bonds is 3. The maximum atomic E-state index is 12.9. The second-order valence-corrected chi connectivity index (χ2v) is 8.27. The quantitative estimate of drug-likeness (QED) is 0.475. The van der Waals surface area contributed by atoms with Gasteiger partial charge >= 0.3 is 0 Å². The van der Waals surface area contributed by atoms with E-state index in [1.54, 1.807) is 12.1 Å². The largest absolute Gasteiger partial charge is 0.348 e. The SMILES string of the molecule is CC1CN(C(=O)c2ccccc2)CCN1c1nnc(-c2ccc(C#N)cc2)c2ccccc12. The molecule has 33 heavy (non-hydrogen) atoms. The van der Waals surface area contributed by atoms with E-state index in [1.807, 2.05) is 59.5 Å². The van der Waals surface area contributed by atoms with Crippen LogP contribution in [0.1, 0.15) is 22.8 Å². The highest BCUT2D eigenvalue weighted by Gasteiger charge is 2.29. The Morgan fingerprint density at radius 1 is 0.909 bits per heavy atom. The van der Waals surface area contributed by atoms with Crippen LogP contribution in [-0.4, -0.2) is 46.7 Å². The van der Waals surface area contributed by atoms with Gasteiger partial charge in [-0.3, -0.25) is 4.79 Å². The molecule has 5 rings (SSSR count). The molecular weight excluding hydrogens is 410 g/mol. The molecule has 0 spiro atoms. The van der Waals surface area contributed by atoms with Crippen molar-refractivity contribution in [3.8, 4) is 17.3 Å². The van der Waals surface area contributed by atoms with Gasteiger partial charge in [0, 0.05) is 47.6 Å². The summed E-state index contributed by atoms with van der Waals surface area (Å²) in [7, 11) is 0. The lowest BCUT2D eigenvalue weighted by molar-refractivity contribution is 0.0726. The lowest BCUT2D eigenvalue weighted by Crippen LogP contribution is -2.54. The number of hydrogen-bond acceptors (Lipinski definition) is 5. The number of piperazine rings is 1. The normalized spacial score (nSPS) is 15.9. The number of nitrogens with zero attached hydrogens (tertiary/aromatic N) is 5. The first-order valence-corrected chi connectivity index (χ1v) is 11.0. The van der Waals surface area contributed by atoms with Gasteiger partial charge in [-0.2, -0.15) is 5.26 Å². The molecule has 1 fully saturated rings. The molecule has 0 aliphatic carbocycles. The van der Waals surface area contributed by atoms with Crippen LogP contribution in [0.5, 0.6) is 0 Å². The number of nitriles is 1. The van der Waals surface area contributed by atoms with Crippen molar-refractivity contribution >= 4 is 22.5 Å². The highest BCUT2D eigenvalue weighted by molar-refractivity contribution is 6.00. The van der Waals surface area contributed by atoms with Crippen LogP contribution in [0.3, 0.4) is 0 Å². The summed E-state index contributed by atoms with van der Waals surface area (Å²) >= 11 is 0. The monoisotopic (exact) mass is 433 g/mol. The Bertz CT molecular complexity index is 1340. The highest BCUT2D eigenvalue weighted by atomic mass is 16.2. The van der Waals surface area contributed by atoms with Gasteiger partial charge in [0.25, 0.3) is 5.91 Å². The standard InChI is InChI=1S/C27H23N5O/c1-19-18-31(27(33)22-7-3-2-4-8-22)15-16-32(19)26-24-10-6-5-9-23(24)25(29-30-26)21-13-11-20(17-28)12-14-21/h2-14,19H,15-16,18H2,1H3. The lowest BCUT2D eigenvalue weighted by Gasteiger charge is -2.40. The Labute approximate surface area is 192 Å². The number of benzene rings is 3. The summed E-state index contributed by atoms with van der Waals surface area (Å²) in [6.45, 7) is 4.07. The molecule has 4 aromatic rings. The molecule has 1 saturated heterocycles. The number of carbonyl (C=O) groups excluding carboxylic acids is 1. The highest BCUT2D eigenvalue weighted by Crippen LogP contribution is 2.33. The third-order valence-electron chi connectivity index (χ3n) is 6.16. The fourth-order valence-corrected chi connectivity index (χ4v) is 4.44. The summed E-state index contributed by atoms with van der Waals surface area (Å²) in [5.41, 5.74) is 3.06. The van der Waals surface area contributed by atoms with Gasteiger partial charge in [0.2, 0.25) is 0 Å². The van der Waals surface area contributed by atoms with E-state index in [-0.39, 0.29) is 11.9 Å². The Morgan fingerprint density at radius 2 is 1.61 bits per heavy atom. The van der Waals surface area contributed by atoms with Gasteiger partial charge in [-0.1, -0.05) is 54.6 Å². The van der Waals surface area contributed by atoms with Crippen molar-refractivity contribution in [2.45, 2.75) is 13.0 Å². The smallest absolute Gasteiger partial charge is 0.253 e. The molecule has 1 amide bonds. The van der Waals surface area contributed by atoms with Crippen molar-refractivity contribution in [3.63, 3.8) is 0 Å². The zero-order valence-electron chi connectivity index (χ0n) is 18.3. The molecule has 6 heteroatoms. The molecule has 1 aromatic heterocycles. The minimum atomic E-state index is 0.0641. The Balaban J connectivity index is 1.45. The summed E-state index contributed by atoms with van der Waals surface area (Å²) in [6.07, 6.45) is 0. The van der Waals surface area contributed by atoms with Gasteiger partial charge < -0.3 is 9.80 Å². The number of amides is 1. The fourth-order valence-electron chi connectivity index (χ4n) is 4.44. The van der Waals surface area contributed by atoms with Crippen molar-refractivity contribution in [1.82, 2.24) is 15.1 Å². The Kier molecular flexibility index (Phi) is 5.45. The predicted molar refractivity (Wildman–Crippen MR) is 129 cm³/mol. The lowest BCUT2D eigenvalue weighted by atomic mass is 10.0. The molecule has 0 N–H and O–H groups in total. The van der Waals surface area contributed by atoms with E-state index >= 15 is 0 Å². The topological polar surface area (TPSA) is 73.1 Å². The van der Waals surface area contributed by atoms with Crippen LogP contribution in [0.15, 0.2) is 78.9 Å². The van der Waals surface area contributed by atoms with Gasteiger partial charge in [-0.15, -0.1) is 10.2 Å². The van der Waals surface area contributed by atoms with Gasteiger partial charge in [-0.25, -0.2) is 0 Å². The van der Waals surface area contributed by atoms with Crippen molar-refractivity contribution in [2.24, 2.45) is 0 Å². The maximum Gasteiger partial charge on any atom is 0.253 e. The summed E-state index contributed by atoms with van der Waals surface area (Å²) < 4.78 is 0. The molecule has 1 unspecified atom stereocenters. The zero-order valence-corrected chi connectivity index (χ0v) is 18.3. The molecule has 1 atom stereocenters. The van der Waals surface area contributed by atoms with Crippen LogP contribution in [0.4, 0.5) is 5.82 Å². The molecule has 6 nitrogen and oxygen atoms in total. The first-order chi connectivity index (χ1) is 16.2. The van der Waals surface area contributed by atoms with E-state index in [0.29, 0.717) is 25.2 Å². The number of aromatic nitrogens is 2. The van der Waals surface area contributed by atoms with E-state index < -0.39 is 0 Å². The first kappa shape index (κ1) is 20.7. The second-order valence-electron chi connectivity index (χ2n) is 8.27. The number of carbonyl (C=O) groups is 1. The van der Waals surface area contributed by atoms with Crippen LogP contribution in [0.2, 0.25) is 0 Å². The van der Waals surface area contributed by atoms with Gasteiger partial charge in [0.15, 0.2) is 5.82 Å². The van der Waals surface area contributed by atoms with Crippen molar-refractivity contribution in [3.05, 3.63) is 90.0 Å². The third kappa shape index (κ3) is 3.90. The van der Waals surface area contributed by atoms with E-state index in [1.165, 1.54) is 0 Å². The van der Waals surface area contributed by atoms with Crippen LogP contribution < -0.4 is 4.90 Å². The van der Waals surface area contributed by atoms with E-state index in [9.17, 15) is 4.79 Å². The fraction of sp³-hybridized carbons (Fsp3) is 0.185. The zero-order chi connectivity index (χ0) is 22.8. The van der Waals surface area contributed by atoms with Crippen LogP contribution >= 0.6 is 0 Å². The summed E-state index contributed by atoms with van der Waals surface area (Å²) in [4.78, 5) is 17.1. The van der Waals surface area contributed by atoms with E-state index in [4.69, 9.17) is 5.26 Å². The molecule has 0 bridgehead atoms. The first-order valence-electron chi connectivity index (χ1n) is 11.0. The van der Waals surface area contributed by atoms with E-state index in [2.05, 4.69) is 40.2 Å². The molecule has 1 aliphatic heterocycles. The van der Waals surface area contributed by atoms with Gasteiger partial charge in [-0.05, 0) is 31.2 Å². The van der Waals surface area contributed by atoms with Crippen molar-refractivity contribution < 1.29 is 4.79 Å². The molecule has 3 aromatic carbocycles. The Hall–Kier alpha value is -4.24. The Morgan fingerprint density at radius 3 is 2.30 bits per heavy atom. The third-order valence-corrected chi connectivity index (χ3v) is 6.16. The number of anilines is 1. The average molecular weight is 434 g/mol. The summed E-state index contributed by atoms with van der Waals surface area (Å²) in [5, 5.41) is 20.4. The molecule has 2 heterocycles. The number of hydrogen-bond donors (Lipinski definition) is 0. The van der Waals surface area contributed by atoms with Gasteiger partial charge in [0.1, 0.15) is 5.69 Å². The molecule has 162 valence electrons. The summed E-state index contributed by atoms with van der Waals surface area (Å²) in [5.74, 6) is 0.900. The minimum Gasteiger partial charge on any atom is -0.348 e. The van der Waals surface area contributed by atoms with Crippen LogP contribution in [-0.2, 0) is 0 Å². The molecule has 0 saturated carbocycles. The molecule has 0 radical (unpaired) electrons. The predicted octanol–water partition coefficient (Wildman–Crippen LogP) is 4.52. The number of fused-ring (bicyclic) bond motifs is 1. The van der Waals surface area contributed by atoms with Crippen molar-refractivity contribution in [2.75, 3.05) is 24.5 Å². The van der Waals surface area contributed by atoms with Gasteiger partial charge in [0.05, 0.1) is 11.6 Å². The van der Waals surface area contributed by atoms with Crippen LogP contribution in [0.25, 0.3) is 22.0 Å². The maximum absolute atomic E-state index is 12.9.